The van der Waals surface area contributed by atoms with Crippen molar-refractivity contribution in [3.8, 4) is 5.75 Å². The number of cyclic esters (lactones) is 1. The molecule has 0 amide bonds. The zero-order valence-corrected chi connectivity index (χ0v) is 16.6. The number of aryl methyl sites for hydroxylation is 1. The molecule has 0 spiro atoms. The lowest BCUT2D eigenvalue weighted by Gasteiger charge is -2.24. The molecule has 6 heteroatoms. The van der Waals surface area contributed by atoms with Gasteiger partial charge in [0.1, 0.15) is 11.4 Å². The van der Waals surface area contributed by atoms with E-state index in [0.717, 1.165) is 11.8 Å². The van der Waals surface area contributed by atoms with Crippen molar-refractivity contribution >= 4 is 21.4 Å². The summed E-state index contributed by atoms with van der Waals surface area (Å²) in [6.45, 7) is 5.72. The van der Waals surface area contributed by atoms with E-state index in [0.29, 0.717) is 23.3 Å². The molecule has 0 radical (unpaired) electrons. The van der Waals surface area contributed by atoms with Crippen LogP contribution in [0.2, 0.25) is 0 Å². The van der Waals surface area contributed by atoms with Crippen molar-refractivity contribution < 1.29 is 22.7 Å². The van der Waals surface area contributed by atoms with Crippen LogP contribution in [-0.4, -0.2) is 26.2 Å². The predicted octanol–water partition coefficient (Wildman–Crippen LogP) is 3.91. The zero-order chi connectivity index (χ0) is 19.8. The third-order valence-corrected chi connectivity index (χ3v) is 5.87. The SMILES string of the molecule is CCC1(C)OC(=O)C(Oc2ccc(C)cc2)=C1c1ccc(S(C)(=O)=O)cc1. The average molecular weight is 386 g/mol. The van der Waals surface area contributed by atoms with Crippen LogP contribution in [0.25, 0.3) is 5.57 Å². The van der Waals surface area contributed by atoms with E-state index >= 15 is 0 Å². The van der Waals surface area contributed by atoms with Crippen LogP contribution in [0.15, 0.2) is 59.2 Å². The first-order chi connectivity index (χ1) is 12.6. The van der Waals surface area contributed by atoms with Crippen LogP contribution < -0.4 is 4.74 Å². The molecule has 1 atom stereocenters. The van der Waals surface area contributed by atoms with Crippen LogP contribution in [0, 0.1) is 6.92 Å². The van der Waals surface area contributed by atoms with E-state index < -0.39 is 21.4 Å². The fourth-order valence-electron chi connectivity index (χ4n) is 3.02. The first kappa shape index (κ1) is 19.2. The number of rotatable bonds is 5. The van der Waals surface area contributed by atoms with Gasteiger partial charge in [0.15, 0.2) is 9.84 Å². The molecule has 0 aliphatic carbocycles. The number of carbonyl (C=O) groups excluding carboxylic acids is 1. The highest BCUT2D eigenvalue weighted by molar-refractivity contribution is 7.90. The Labute approximate surface area is 159 Å². The van der Waals surface area contributed by atoms with Gasteiger partial charge in [0.25, 0.3) is 0 Å². The maximum atomic E-state index is 12.5. The molecule has 1 aliphatic rings. The van der Waals surface area contributed by atoms with Gasteiger partial charge in [-0.1, -0.05) is 36.8 Å². The van der Waals surface area contributed by atoms with Crippen LogP contribution in [-0.2, 0) is 19.4 Å². The minimum atomic E-state index is -3.30. The van der Waals surface area contributed by atoms with Gasteiger partial charge in [0.2, 0.25) is 5.76 Å². The standard InChI is InChI=1S/C21H22O5S/c1-5-21(3)18(15-8-12-17(13-9-15)27(4,23)24)19(20(22)26-21)25-16-10-6-14(2)7-11-16/h6-13H,5H2,1-4H3. The van der Waals surface area contributed by atoms with E-state index in [4.69, 9.17) is 9.47 Å². The van der Waals surface area contributed by atoms with Gasteiger partial charge in [-0.05, 0) is 50.1 Å². The fourth-order valence-corrected chi connectivity index (χ4v) is 3.65. The van der Waals surface area contributed by atoms with Gasteiger partial charge in [-0.25, -0.2) is 13.2 Å². The third-order valence-electron chi connectivity index (χ3n) is 4.75. The van der Waals surface area contributed by atoms with Gasteiger partial charge in [-0.15, -0.1) is 0 Å². The summed E-state index contributed by atoms with van der Waals surface area (Å²) in [7, 11) is -3.30. The van der Waals surface area contributed by atoms with Gasteiger partial charge >= 0.3 is 5.97 Å². The van der Waals surface area contributed by atoms with Gasteiger partial charge < -0.3 is 9.47 Å². The molecule has 1 aliphatic heterocycles. The summed E-state index contributed by atoms with van der Waals surface area (Å²) in [6.07, 6.45) is 1.72. The number of ether oxygens (including phenoxy) is 2. The van der Waals surface area contributed by atoms with Crippen molar-refractivity contribution in [3.05, 3.63) is 65.4 Å². The van der Waals surface area contributed by atoms with E-state index in [9.17, 15) is 13.2 Å². The predicted molar refractivity (Wildman–Crippen MR) is 103 cm³/mol. The number of carbonyl (C=O) groups is 1. The first-order valence-electron chi connectivity index (χ1n) is 8.67. The Morgan fingerprint density at radius 2 is 1.63 bits per heavy atom. The van der Waals surface area contributed by atoms with Crippen molar-refractivity contribution in [2.45, 2.75) is 37.7 Å². The first-order valence-corrected chi connectivity index (χ1v) is 10.6. The Morgan fingerprint density at radius 3 is 2.15 bits per heavy atom. The topological polar surface area (TPSA) is 69.7 Å². The summed E-state index contributed by atoms with van der Waals surface area (Å²) < 4.78 is 34.9. The third kappa shape index (κ3) is 3.76. The van der Waals surface area contributed by atoms with Crippen LogP contribution >= 0.6 is 0 Å². The minimum absolute atomic E-state index is 0.135. The number of hydrogen-bond donors (Lipinski definition) is 0. The number of sulfone groups is 1. The Hall–Kier alpha value is -2.60. The molecule has 1 unspecified atom stereocenters. The Bertz CT molecular complexity index is 1000. The molecule has 0 fully saturated rings. The summed E-state index contributed by atoms with van der Waals surface area (Å²) in [5.74, 6) is 0.149. The second kappa shape index (κ2) is 6.85. The maximum Gasteiger partial charge on any atom is 0.375 e. The highest BCUT2D eigenvalue weighted by Gasteiger charge is 2.45. The van der Waals surface area contributed by atoms with Gasteiger partial charge in [0, 0.05) is 6.26 Å². The molecule has 3 rings (SSSR count). The van der Waals surface area contributed by atoms with Crippen LogP contribution in [0.4, 0.5) is 0 Å². The second-order valence-electron chi connectivity index (χ2n) is 6.89. The van der Waals surface area contributed by atoms with E-state index in [2.05, 4.69) is 0 Å². The van der Waals surface area contributed by atoms with Crippen molar-refractivity contribution in [1.82, 2.24) is 0 Å². The van der Waals surface area contributed by atoms with Crippen LogP contribution in [0.5, 0.6) is 5.75 Å². The van der Waals surface area contributed by atoms with Crippen LogP contribution in [0.3, 0.4) is 0 Å². The Balaban J connectivity index is 2.10. The van der Waals surface area contributed by atoms with Gasteiger partial charge in [-0.3, -0.25) is 0 Å². The van der Waals surface area contributed by atoms with Gasteiger partial charge in [0.05, 0.1) is 10.5 Å². The summed E-state index contributed by atoms with van der Waals surface area (Å²) >= 11 is 0. The molecule has 0 aromatic heterocycles. The molecule has 0 N–H and O–H groups in total. The van der Waals surface area contributed by atoms with E-state index in [1.54, 1.807) is 24.3 Å². The molecular formula is C21H22O5S. The molecule has 0 saturated heterocycles. The zero-order valence-electron chi connectivity index (χ0n) is 15.8. The van der Waals surface area contributed by atoms with Crippen LogP contribution in [0.1, 0.15) is 31.4 Å². The fraction of sp³-hybridized carbons (Fsp3) is 0.286. The molecule has 27 heavy (non-hydrogen) atoms. The van der Waals surface area contributed by atoms with Crippen molar-refractivity contribution in [2.75, 3.05) is 6.26 Å². The number of esters is 1. The maximum absolute atomic E-state index is 12.5. The van der Waals surface area contributed by atoms with E-state index in [1.807, 2.05) is 32.9 Å². The lowest BCUT2D eigenvalue weighted by Crippen LogP contribution is -2.26. The molecule has 142 valence electrons. The normalized spacial score (nSPS) is 19.9. The average Bonchev–Trinajstić information content (AvgIpc) is 2.87. The van der Waals surface area contributed by atoms with Gasteiger partial charge in [-0.2, -0.15) is 0 Å². The highest BCUT2D eigenvalue weighted by atomic mass is 32.2. The molecular weight excluding hydrogens is 364 g/mol. The summed E-state index contributed by atoms with van der Waals surface area (Å²) in [6, 6.07) is 13.8. The molecule has 5 nitrogen and oxygen atoms in total. The quantitative estimate of drug-likeness (QED) is 0.729. The van der Waals surface area contributed by atoms with E-state index in [-0.39, 0.29) is 10.7 Å². The Kier molecular flexibility index (Phi) is 4.86. The molecule has 0 saturated carbocycles. The smallest absolute Gasteiger partial charge is 0.375 e. The largest absolute Gasteiger partial charge is 0.449 e. The number of hydrogen-bond acceptors (Lipinski definition) is 5. The number of benzene rings is 2. The van der Waals surface area contributed by atoms with Crippen molar-refractivity contribution in [2.24, 2.45) is 0 Å². The molecule has 1 heterocycles. The summed E-state index contributed by atoms with van der Waals surface area (Å²) in [5, 5.41) is 0. The lowest BCUT2D eigenvalue weighted by molar-refractivity contribution is -0.147. The summed E-state index contributed by atoms with van der Waals surface area (Å²) in [4.78, 5) is 12.7. The van der Waals surface area contributed by atoms with Crippen molar-refractivity contribution in [3.63, 3.8) is 0 Å². The Morgan fingerprint density at radius 1 is 1.04 bits per heavy atom. The molecule has 0 bridgehead atoms. The van der Waals surface area contributed by atoms with Crippen molar-refractivity contribution in [1.29, 1.82) is 0 Å². The molecule has 2 aromatic carbocycles. The highest BCUT2D eigenvalue weighted by Crippen LogP contribution is 2.42. The lowest BCUT2D eigenvalue weighted by atomic mass is 9.88. The molecule has 2 aromatic rings. The summed E-state index contributed by atoms with van der Waals surface area (Å²) in [5.41, 5.74) is 1.56. The minimum Gasteiger partial charge on any atom is -0.449 e. The van der Waals surface area contributed by atoms with E-state index in [1.165, 1.54) is 12.1 Å². The monoisotopic (exact) mass is 386 g/mol. The second-order valence-corrected chi connectivity index (χ2v) is 8.91.